The van der Waals surface area contributed by atoms with Crippen LogP contribution in [-0.4, -0.2) is 11.2 Å². The van der Waals surface area contributed by atoms with E-state index in [2.05, 4.69) is 34.6 Å². The molecule has 1 unspecified atom stereocenters. The molecular weight excluding hydrogens is 232 g/mol. The van der Waals surface area contributed by atoms with Crippen molar-refractivity contribution < 1.29 is 5.11 Å². The van der Waals surface area contributed by atoms with Gasteiger partial charge in [-0.15, -0.1) is 0 Å². The lowest BCUT2D eigenvalue weighted by Crippen LogP contribution is -2.07. The standard InChI is InChI=1S/C18H38O/c1-16(2)12-8-6-9-13-17(19)14-10-7-11-15-18(3,4)5/h16-17,19H,6-15H2,1-5H3. The van der Waals surface area contributed by atoms with Crippen molar-refractivity contribution in [2.75, 3.05) is 0 Å². The lowest BCUT2D eigenvalue weighted by atomic mass is 9.89. The van der Waals surface area contributed by atoms with Gasteiger partial charge in [0.05, 0.1) is 6.10 Å². The van der Waals surface area contributed by atoms with Gasteiger partial charge in [0.2, 0.25) is 0 Å². The minimum atomic E-state index is -0.0475. The largest absolute Gasteiger partial charge is 0.393 e. The molecule has 0 aromatic rings. The molecule has 0 spiro atoms. The molecule has 1 nitrogen and oxygen atoms in total. The first-order valence-electron chi connectivity index (χ1n) is 8.49. The van der Waals surface area contributed by atoms with Crippen LogP contribution in [0.15, 0.2) is 0 Å². The molecule has 0 saturated carbocycles. The van der Waals surface area contributed by atoms with Gasteiger partial charge in [0.25, 0.3) is 0 Å². The van der Waals surface area contributed by atoms with Gasteiger partial charge in [-0.3, -0.25) is 0 Å². The summed E-state index contributed by atoms with van der Waals surface area (Å²) < 4.78 is 0. The van der Waals surface area contributed by atoms with Crippen LogP contribution in [0.25, 0.3) is 0 Å². The second-order valence-electron chi connectivity index (χ2n) is 7.85. The first-order valence-corrected chi connectivity index (χ1v) is 8.49. The van der Waals surface area contributed by atoms with E-state index in [1.807, 2.05) is 0 Å². The molecule has 19 heavy (non-hydrogen) atoms. The molecule has 0 amide bonds. The van der Waals surface area contributed by atoms with Crippen molar-refractivity contribution in [1.82, 2.24) is 0 Å². The first-order chi connectivity index (χ1) is 8.81. The Hall–Kier alpha value is -0.0400. The summed E-state index contributed by atoms with van der Waals surface area (Å²) in [6.07, 6.45) is 12.2. The molecule has 0 radical (unpaired) electrons. The van der Waals surface area contributed by atoms with Crippen molar-refractivity contribution in [1.29, 1.82) is 0 Å². The minimum Gasteiger partial charge on any atom is -0.393 e. The van der Waals surface area contributed by atoms with Crippen LogP contribution in [0, 0.1) is 11.3 Å². The van der Waals surface area contributed by atoms with Crippen molar-refractivity contribution in [3.63, 3.8) is 0 Å². The third-order valence-electron chi connectivity index (χ3n) is 3.78. The van der Waals surface area contributed by atoms with Gasteiger partial charge in [-0.1, -0.05) is 79.6 Å². The van der Waals surface area contributed by atoms with E-state index in [0.29, 0.717) is 5.41 Å². The summed E-state index contributed by atoms with van der Waals surface area (Å²) in [5.41, 5.74) is 0.467. The average Bonchev–Trinajstić information content (AvgIpc) is 2.26. The predicted molar refractivity (Wildman–Crippen MR) is 86.5 cm³/mol. The Labute approximate surface area is 122 Å². The molecule has 0 rings (SSSR count). The molecule has 1 atom stereocenters. The number of aliphatic hydroxyl groups excluding tert-OH is 1. The Bertz CT molecular complexity index is 190. The zero-order valence-electron chi connectivity index (χ0n) is 14.2. The second-order valence-corrected chi connectivity index (χ2v) is 7.85. The normalized spacial score (nSPS) is 14.1. The topological polar surface area (TPSA) is 20.2 Å². The summed E-state index contributed by atoms with van der Waals surface area (Å²) in [5, 5.41) is 9.92. The van der Waals surface area contributed by atoms with E-state index in [4.69, 9.17) is 0 Å². The number of aliphatic hydroxyl groups is 1. The molecule has 0 aliphatic heterocycles. The van der Waals surface area contributed by atoms with E-state index in [0.717, 1.165) is 18.8 Å². The van der Waals surface area contributed by atoms with Crippen molar-refractivity contribution in [2.24, 2.45) is 11.3 Å². The third-order valence-corrected chi connectivity index (χ3v) is 3.78. The highest BCUT2D eigenvalue weighted by atomic mass is 16.3. The maximum atomic E-state index is 9.92. The first kappa shape index (κ1) is 19.0. The second kappa shape index (κ2) is 10.7. The van der Waals surface area contributed by atoms with Crippen LogP contribution in [0.3, 0.4) is 0 Å². The molecule has 0 bridgehead atoms. The summed E-state index contributed by atoms with van der Waals surface area (Å²) in [7, 11) is 0. The van der Waals surface area contributed by atoms with Crippen LogP contribution in [0.4, 0.5) is 0 Å². The maximum absolute atomic E-state index is 9.92. The Balaban J connectivity index is 3.28. The highest BCUT2D eigenvalue weighted by Crippen LogP contribution is 2.22. The van der Waals surface area contributed by atoms with Gasteiger partial charge >= 0.3 is 0 Å². The van der Waals surface area contributed by atoms with Gasteiger partial charge < -0.3 is 5.11 Å². The van der Waals surface area contributed by atoms with Crippen LogP contribution in [-0.2, 0) is 0 Å². The van der Waals surface area contributed by atoms with Crippen LogP contribution in [0.2, 0.25) is 0 Å². The quantitative estimate of drug-likeness (QED) is 0.460. The van der Waals surface area contributed by atoms with Crippen LogP contribution < -0.4 is 0 Å². The molecule has 0 aliphatic rings. The maximum Gasteiger partial charge on any atom is 0.0540 e. The lowest BCUT2D eigenvalue weighted by Gasteiger charge is -2.17. The summed E-state index contributed by atoms with van der Waals surface area (Å²) >= 11 is 0. The molecule has 1 N–H and O–H groups in total. The lowest BCUT2D eigenvalue weighted by molar-refractivity contribution is 0.146. The van der Waals surface area contributed by atoms with Gasteiger partial charge in [-0.05, 0) is 30.6 Å². The van der Waals surface area contributed by atoms with Crippen molar-refractivity contribution in [2.45, 2.75) is 105 Å². The van der Waals surface area contributed by atoms with E-state index in [9.17, 15) is 5.11 Å². The number of hydrogen-bond donors (Lipinski definition) is 1. The molecule has 0 aromatic carbocycles. The average molecular weight is 271 g/mol. The monoisotopic (exact) mass is 270 g/mol. The fourth-order valence-electron chi connectivity index (χ4n) is 2.47. The van der Waals surface area contributed by atoms with Gasteiger partial charge in [0.15, 0.2) is 0 Å². The molecule has 116 valence electrons. The zero-order valence-corrected chi connectivity index (χ0v) is 14.2. The number of hydrogen-bond acceptors (Lipinski definition) is 1. The van der Waals surface area contributed by atoms with E-state index < -0.39 is 0 Å². The molecule has 0 aromatic heterocycles. The van der Waals surface area contributed by atoms with Gasteiger partial charge in [-0.2, -0.15) is 0 Å². The van der Waals surface area contributed by atoms with Crippen molar-refractivity contribution in [3.8, 4) is 0 Å². The summed E-state index contributed by atoms with van der Waals surface area (Å²) in [6, 6.07) is 0. The highest BCUT2D eigenvalue weighted by Gasteiger charge is 2.09. The Morgan fingerprint density at radius 2 is 1.21 bits per heavy atom. The van der Waals surface area contributed by atoms with Gasteiger partial charge in [-0.25, -0.2) is 0 Å². The molecule has 0 fully saturated rings. The molecule has 0 saturated heterocycles. The molecule has 0 heterocycles. The van der Waals surface area contributed by atoms with E-state index in [1.54, 1.807) is 0 Å². The fourth-order valence-corrected chi connectivity index (χ4v) is 2.47. The van der Waals surface area contributed by atoms with Crippen molar-refractivity contribution >= 4 is 0 Å². The van der Waals surface area contributed by atoms with Crippen LogP contribution in [0.1, 0.15) is 98.8 Å². The van der Waals surface area contributed by atoms with Crippen molar-refractivity contribution in [3.05, 3.63) is 0 Å². The van der Waals surface area contributed by atoms with Crippen LogP contribution in [0.5, 0.6) is 0 Å². The smallest absolute Gasteiger partial charge is 0.0540 e. The highest BCUT2D eigenvalue weighted by molar-refractivity contribution is 4.62. The Morgan fingerprint density at radius 3 is 1.68 bits per heavy atom. The zero-order chi connectivity index (χ0) is 14.7. The minimum absolute atomic E-state index is 0.0475. The van der Waals surface area contributed by atoms with E-state index in [1.165, 1.54) is 51.4 Å². The fraction of sp³-hybridized carbons (Fsp3) is 1.00. The van der Waals surface area contributed by atoms with E-state index >= 15 is 0 Å². The Kier molecular flexibility index (Phi) is 10.7. The number of rotatable bonds is 11. The molecular formula is C18H38O. The molecule has 1 heteroatoms. The summed E-state index contributed by atoms with van der Waals surface area (Å²) in [5.74, 6) is 0.827. The summed E-state index contributed by atoms with van der Waals surface area (Å²) in [4.78, 5) is 0. The predicted octanol–water partition coefficient (Wildman–Crippen LogP) is 5.95. The number of unbranched alkanes of at least 4 members (excludes halogenated alkanes) is 4. The van der Waals surface area contributed by atoms with Gasteiger partial charge in [0, 0.05) is 0 Å². The van der Waals surface area contributed by atoms with E-state index in [-0.39, 0.29) is 6.10 Å². The van der Waals surface area contributed by atoms with Gasteiger partial charge in [0.1, 0.15) is 0 Å². The Morgan fingerprint density at radius 1 is 0.737 bits per heavy atom. The third kappa shape index (κ3) is 15.9. The van der Waals surface area contributed by atoms with Crippen LogP contribution >= 0.6 is 0 Å². The molecule has 0 aliphatic carbocycles. The SMILES string of the molecule is CC(C)CCCCCC(O)CCCCCC(C)(C)C. The summed E-state index contributed by atoms with van der Waals surface area (Å²) in [6.45, 7) is 11.5.